The Morgan fingerprint density at radius 2 is 2.28 bits per heavy atom. The van der Waals surface area contributed by atoms with Crippen LogP contribution in [0.5, 0.6) is 0 Å². The number of aromatic nitrogens is 2. The molecule has 0 unspecified atom stereocenters. The number of carbonyl (C=O) groups is 1. The van der Waals surface area contributed by atoms with E-state index in [9.17, 15) is 14.9 Å². The van der Waals surface area contributed by atoms with Crippen LogP contribution in [0, 0.1) is 10.1 Å². The summed E-state index contributed by atoms with van der Waals surface area (Å²) in [5.74, 6) is -0.285. The highest BCUT2D eigenvalue weighted by atomic mass is 16.6. The third-order valence-corrected chi connectivity index (χ3v) is 2.80. The van der Waals surface area contributed by atoms with Crippen molar-refractivity contribution in [2.45, 2.75) is 25.9 Å². The first-order chi connectivity index (χ1) is 8.27. The summed E-state index contributed by atoms with van der Waals surface area (Å²) >= 11 is 0. The molecule has 0 atom stereocenters. The molecule has 1 rings (SSSR count). The van der Waals surface area contributed by atoms with E-state index in [-0.39, 0.29) is 24.7 Å². The van der Waals surface area contributed by atoms with Crippen LogP contribution in [0.15, 0.2) is 12.4 Å². The molecule has 0 aliphatic rings. The van der Waals surface area contributed by atoms with Gasteiger partial charge in [-0.1, -0.05) is 0 Å². The molecule has 0 saturated carbocycles. The topological polar surface area (TPSA) is 102 Å². The molecule has 0 radical (unpaired) electrons. The van der Waals surface area contributed by atoms with Crippen molar-refractivity contribution in [3.05, 3.63) is 22.5 Å². The summed E-state index contributed by atoms with van der Waals surface area (Å²) in [7, 11) is 1.57. The van der Waals surface area contributed by atoms with Gasteiger partial charge in [-0.05, 0) is 13.8 Å². The van der Waals surface area contributed by atoms with Crippen molar-refractivity contribution >= 4 is 11.6 Å². The lowest BCUT2D eigenvalue weighted by Gasteiger charge is -2.33. The van der Waals surface area contributed by atoms with E-state index in [1.54, 1.807) is 20.9 Å². The summed E-state index contributed by atoms with van der Waals surface area (Å²) in [6, 6.07) is 0. The molecule has 100 valence electrons. The number of hydrogen-bond acceptors (Lipinski definition) is 5. The number of carbonyl (C=O) groups excluding carboxylic acids is 1. The average molecular weight is 256 g/mol. The predicted octanol–water partition coefficient (Wildman–Crippen LogP) is 0.0206. The molecule has 8 heteroatoms. The van der Waals surface area contributed by atoms with E-state index in [1.807, 2.05) is 0 Å². The average Bonchev–Trinajstić information content (AvgIpc) is 2.76. The SMILES string of the molecule is CN(C(=O)Cn1cc([N+](=O)[O-])cn1)C(C)(C)CO. The molecule has 8 nitrogen and oxygen atoms in total. The largest absolute Gasteiger partial charge is 0.394 e. The maximum Gasteiger partial charge on any atom is 0.307 e. The molecule has 1 amide bonds. The Morgan fingerprint density at radius 1 is 1.67 bits per heavy atom. The molecular weight excluding hydrogens is 240 g/mol. The van der Waals surface area contributed by atoms with Gasteiger partial charge in [-0.15, -0.1) is 0 Å². The maximum absolute atomic E-state index is 11.9. The van der Waals surface area contributed by atoms with E-state index in [4.69, 9.17) is 5.11 Å². The highest BCUT2D eigenvalue weighted by molar-refractivity contribution is 5.76. The van der Waals surface area contributed by atoms with Gasteiger partial charge in [0.1, 0.15) is 18.9 Å². The molecule has 0 fully saturated rings. The van der Waals surface area contributed by atoms with E-state index in [0.717, 1.165) is 6.20 Å². The number of nitro groups is 1. The van der Waals surface area contributed by atoms with Gasteiger partial charge >= 0.3 is 5.69 Å². The lowest BCUT2D eigenvalue weighted by atomic mass is 10.1. The van der Waals surface area contributed by atoms with Crippen LogP contribution < -0.4 is 0 Å². The van der Waals surface area contributed by atoms with Gasteiger partial charge in [0.25, 0.3) is 0 Å². The van der Waals surface area contributed by atoms with Gasteiger partial charge in [0.15, 0.2) is 0 Å². The molecule has 0 aliphatic carbocycles. The molecular formula is C10H16N4O4. The van der Waals surface area contributed by atoms with E-state index in [1.165, 1.54) is 15.8 Å². The third kappa shape index (κ3) is 3.04. The van der Waals surface area contributed by atoms with Crippen molar-refractivity contribution in [2.24, 2.45) is 0 Å². The molecule has 0 aromatic carbocycles. The van der Waals surface area contributed by atoms with Gasteiger partial charge in [-0.3, -0.25) is 19.6 Å². The predicted molar refractivity (Wildman–Crippen MR) is 62.8 cm³/mol. The number of likely N-dealkylation sites (N-methyl/N-ethyl adjacent to an activating group) is 1. The van der Waals surface area contributed by atoms with E-state index >= 15 is 0 Å². The molecule has 18 heavy (non-hydrogen) atoms. The van der Waals surface area contributed by atoms with Gasteiger partial charge in [-0.25, -0.2) is 0 Å². The third-order valence-electron chi connectivity index (χ3n) is 2.80. The zero-order chi connectivity index (χ0) is 13.9. The van der Waals surface area contributed by atoms with Gasteiger partial charge in [0.05, 0.1) is 17.1 Å². The van der Waals surface area contributed by atoms with Crippen LogP contribution in [0.4, 0.5) is 5.69 Å². The first kappa shape index (κ1) is 14.1. The fourth-order valence-electron chi connectivity index (χ4n) is 1.22. The number of aliphatic hydroxyl groups is 1. The summed E-state index contributed by atoms with van der Waals surface area (Å²) in [6.45, 7) is 3.16. The van der Waals surface area contributed by atoms with Crippen LogP contribution in [-0.4, -0.2) is 49.8 Å². The van der Waals surface area contributed by atoms with Crippen molar-refractivity contribution < 1.29 is 14.8 Å². The van der Waals surface area contributed by atoms with Crippen LogP contribution >= 0.6 is 0 Å². The fourth-order valence-corrected chi connectivity index (χ4v) is 1.22. The summed E-state index contributed by atoms with van der Waals surface area (Å²) in [6.07, 6.45) is 2.28. The van der Waals surface area contributed by atoms with Gasteiger partial charge < -0.3 is 10.0 Å². The summed E-state index contributed by atoms with van der Waals surface area (Å²) in [5.41, 5.74) is -0.845. The second-order valence-electron chi connectivity index (χ2n) is 4.58. The first-order valence-electron chi connectivity index (χ1n) is 5.32. The minimum atomic E-state index is -0.684. The molecule has 0 bridgehead atoms. The number of aliphatic hydroxyl groups excluding tert-OH is 1. The summed E-state index contributed by atoms with van der Waals surface area (Å²) in [4.78, 5) is 23.2. The highest BCUT2D eigenvalue weighted by Gasteiger charge is 2.27. The van der Waals surface area contributed by atoms with Crippen LogP contribution in [0.2, 0.25) is 0 Å². The molecule has 0 saturated heterocycles. The van der Waals surface area contributed by atoms with Gasteiger partial charge in [0, 0.05) is 7.05 Å². The molecule has 0 spiro atoms. The van der Waals surface area contributed by atoms with Crippen molar-refractivity contribution in [1.29, 1.82) is 0 Å². The number of hydrogen-bond donors (Lipinski definition) is 1. The molecule has 1 N–H and O–H groups in total. The van der Waals surface area contributed by atoms with Crippen LogP contribution in [-0.2, 0) is 11.3 Å². The van der Waals surface area contributed by atoms with Crippen LogP contribution in [0.25, 0.3) is 0 Å². The van der Waals surface area contributed by atoms with Crippen LogP contribution in [0.3, 0.4) is 0 Å². The van der Waals surface area contributed by atoms with Crippen molar-refractivity contribution in [2.75, 3.05) is 13.7 Å². The molecule has 1 aromatic rings. The van der Waals surface area contributed by atoms with Crippen molar-refractivity contribution in [3.63, 3.8) is 0 Å². The Morgan fingerprint density at radius 3 is 2.72 bits per heavy atom. The molecule has 0 aliphatic heterocycles. The molecule has 1 heterocycles. The summed E-state index contributed by atoms with van der Waals surface area (Å²) in [5, 5.41) is 23.3. The normalized spacial score (nSPS) is 11.3. The standard InChI is InChI=1S/C10H16N4O4/c1-10(2,7-15)12(3)9(16)6-13-5-8(4-11-13)14(17)18/h4-5,15H,6-7H2,1-3H3. The van der Waals surface area contributed by atoms with Gasteiger partial charge in [-0.2, -0.15) is 5.10 Å². The monoisotopic (exact) mass is 256 g/mol. The number of nitrogens with zero attached hydrogens (tertiary/aromatic N) is 4. The van der Waals surface area contributed by atoms with E-state index in [2.05, 4.69) is 5.10 Å². The van der Waals surface area contributed by atoms with Crippen molar-refractivity contribution in [3.8, 4) is 0 Å². The zero-order valence-corrected chi connectivity index (χ0v) is 10.5. The first-order valence-corrected chi connectivity index (χ1v) is 5.32. The smallest absolute Gasteiger partial charge is 0.307 e. The summed E-state index contributed by atoms with van der Waals surface area (Å²) < 4.78 is 1.20. The molecule has 1 aromatic heterocycles. The Labute approximate surface area is 104 Å². The zero-order valence-electron chi connectivity index (χ0n) is 10.5. The second-order valence-corrected chi connectivity index (χ2v) is 4.58. The lowest BCUT2D eigenvalue weighted by molar-refractivity contribution is -0.385. The van der Waals surface area contributed by atoms with Gasteiger partial charge in [0.2, 0.25) is 5.91 Å². The highest BCUT2D eigenvalue weighted by Crippen LogP contribution is 2.13. The quantitative estimate of drug-likeness (QED) is 0.591. The maximum atomic E-state index is 11.9. The van der Waals surface area contributed by atoms with Crippen LogP contribution in [0.1, 0.15) is 13.8 Å². The lowest BCUT2D eigenvalue weighted by Crippen LogP contribution is -2.48. The second kappa shape index (κ2) is 5.13. The fraction of sp³-hybridized carbons (Fsp3) is 0.600. The number of rotatable bonds is 5. The minimum absolute atomic E-state index is 0.103. The Kier molecular flexibility index (Phi) is 4.02. The van der Waals surface area contributed by atoms with E-state index in [0.29, 0.717) is 0 Å². The Balaban J connectivity index is 2.72. The van der Waals surface area contributed by atoms with E-state index < -0.39 is 10.5 Å². The Bertz CT molecular complexity index is 454. The Hall–Kier alpha value is -1.96. The number of amides is 1. The van der Waals surface area contributed by atoms with Crippen molar-refractivity contribution in [1.82, 2.24) is 14.7 Å². The minimum Gasteiger partial charge on any atom is -0.394 e.